The third kappa shape index (κ3) is 2.48. The van der Waals surface area contributed by atoms with Crippen LogP contribution in [0.3, 0.4) is 0 Å². The molecule has 0 saturated heterocycles. The third-order valence-corrected chi connectivity index (χ3v) is 2.37. The van der Waals surface area contributed by atoms with Crippen molar-refractivity contribution in [3.05, 3.63) is 23.3 Å². The van der Waals surface area contributed by atoms with E-state index in [0.29, 0.717) is 0 Å². The van der Waals surface area contributed by atoms with Crippen molar-refractivity contribution in [1.29, 1.82) is 0 Å². The van der Waals surface area contributed by atoms with Crippen molar-refractivity contribution in [2.45, 2.75) is 6.10 Å². The number of aliphatic hydroxyl groups excluding tert-OH is 1. The number of rotatable bonds is 5. The summed E-state index contributed by atoms with van der Waals surface area (Å²) < 4.78 is 10.0. The van der Waals surface area contributed by atoms with E-state index in [1.165, 1.54) is 26.4 Å². The number of hydrogen-bond donors (Lipinski definition) is 3. The Balaban J connectivity index is 3.47. The van der Waals surface area contributed by atoms with Crippen LogP contribution in [0, 0.1) is 0 Å². The first kappa shape index (κ1) is 13.3. The van der Waals surface area contributed by atoms with Crippen molar-refractivity contribution < 1.29 is 24.5 Å². The second-order valence-electron chi connectivity index (χ2n) is 3.32. The van der Waals surface area contributed by atoms with Gasteiger partial charge in [-0.25, -0.2) is 4.79 Å². The van der Waals surface area contributed by atoms with Crippen molar-refractivity contribution in [3.63, 3.8) is 0 Å². The highest BCUT2D eigenvalue weighted by Gasteiger charge is 2.23. The van der Waals surface area contributed by atoms with Crippen LogP contribution in [-0.2, 0) is 0 Å². The summed E-state index contributed by atoms with van der Waals surface area (Å²) in [5.41, 5.74) is 5.39. The lowest BCUT2D eigenvalue weighted by Gasteiger charge is -2.16. The molecule has 0 aromatic heterocycles. The van der Waals surface area contributed by atoms with Gasteiger partial charge in [0.05, 0.1) is 20.3 Å². The summed E-state index contributed by atoms with van der Waals surface area (Å²) in [4.78, 5) is 11.2. The van der Waals surface area contributed by atoms with Gasteiger partial charge in [0.2, 0.25) is 0 Å². The molecule has 0 heterocycles. The molecular formula is C11H15NO5. The normalized spacial score (nSPS) is 12.0. The maximum absolute atomic E-state index is 11.2. The molecule has 1 aromatic rings. The minimum atomic E-state index is -1.21. The van der Waals surface area contributed by atoms with Gasteiger partial charge in [-0.15, -0.1) is 0 Å². The molecule has 6 nitrogen and oxygen atoms in total. The number of hydrogen-bond acceptors (Lipinski definition) is 5. The van der Waals surface area contributed by atoms with Crippen molar-refractivity contribution in [2.24, 2.45) is 5.73 Å². The fourth-order valence-corrected chi connectivity index (χ4v) is 1.57. The van der Waals surface area contributed by atoms with Crippen LogP contribution in [0.5, 0.6) is 11.5 Å². The Labute approximate surface area is 98.6 Å². The minimum Gasteiger partial charge on any atom is -0.493 e. The van der Waals surface area contributed by atoms with E-state index in [4.69, 9.17) is 20.3 Å². The first-order valence-electron chi connectivity index (χ1n) is 4.93. The summed E-state index contributed by atoms with van der Waals surface area (Å²) in [6.07, 6.45) is -1.05. The topological polar surface area (TPSA) is 102 Å². The molecule has 1 atom stereocenters. The molecule has 0 bridgehead atoms. The SMILES string of the molecule is COc1ccc(C(O)CN)c(C(=O)O)c1OC. The zero-order valence-electron chi connectivity index (χ0n) is 9.64. The maximum atomic E-state index is 11.2. The van der Waals surface area contributed by atoms with Gasteiger partial charge in [-0.2, -0.15) is 0 Å². The molecule has 0 radical (unpaired) electrons. The van der Waals surface area contributed by atoms with Gasteiger partial charge < -0.3 is 25.4 Å². The van der Waals surface area contributed by atoms with E-state index in [2.05, 4.69) is 0 Å². The number of nitrogens with two attached hydrogens (primary N) is 1. The van der Waals surface area contributed by atoms with Gasteiger partial charge in [0, 0.05) is 12.1 Å². The first-order valence-corrected chi connectivity index (χ1v) is 4.93. The van der Waals surface area contributed by atoms with Gasteiger partial charge in [-0.1, -0.05) is 6.07 Å². The van der Waals surface area contributed by atoms with Crippen molar-refractivity contribution >= 4 is 5.97 Å². The molecule has 1 rings (SSSR count). The highest BCUT2D eigenvalue weighted by Crippen LogP contribution is 2.35. The lowest BCUT2D eigenvalue weighted by molar-refractivity contribution is 0.0685. The lowest BCUT2D eigenvalue weighted by Crippen LogP contribution is -2.16. The van der Waals surface area contributed by atoms with Gasteiger partial charge in [-0.05, 0) is 6.07 Å². The van der Waals surface area contributed by atoms with Crippen LogP contribution in [0.1, 0.15) is 22.0 Å². The van der Waals surface area contributed by atoms with Gasteiger partial charge in [-0.3, -0.25) is 0 Å². The molecule has 4 N–H and O–H groups in total. The Morgan fingerprint density at radius 2 is 2.06 bits per heavy atom. The van der Waals surface area contributed by atoms with Gasteiger partial charge in [0.15, 0.2) is 11.5 Å². The third-order valence-electron chi connectivity index (χ3n) is 2.37. The van der Waals surface area contributed by atoms with E-state index in [0.717, 1.165) is 0 Å². The summed E-state index contributed by atoms with van der Waals surface area (Å²) in [6.45, 7) is -0.0736. The second kappa shape index (κ2) is 5.51. The average Bonchev–Trinajstić information content (AvgIpc) is 2.35. The monoisotopic (exact) mass is 241 g/mol. The number of methoxy groups -OCH3 is 2. The van der Waals surface area contributed by atoms with Crippen molar-refractivity contribution in [2.75, 3.05) is 20.8 Å². The zero-order valence-corrected chi connectivity index (χ0v) is 9.64. The second-order valence-corrected chi connectivity index (χ2v) is 3.32. The quantitative estimate of drug-likeness (QED) is 0.689. The Hall–Kier alpha value is -1.79. The molecule has 0 aliphatic rings. The molecule has 94 valence electrons. The van der Waals surface area contributed by atoms with Crippen LogP contribution in [-0.4, -0.2) is 36.9 Å². The fourth-order valence-electron chi connectivity index (χ4n) is 1.57. The number of aromatic carboxylic acids is 1. The Morgan fingerprint density at radius 1 is 1.41 bits per heavy atom. The van der Waals surface area contributed by atoms with Gasteiger partial charge in [0.1, 0.15) is 5.56 Å². The van der Waals surface area contributed by atoms with E-state index in [1.807, 2.05) is 0 Å². The molecule has 0 aliphatic carbocycles. The highest BCUT2D eigenvalue weighted by atomic mass is 16.5. The molecular weight excluding hydrogens is 226 g/mol. The van der Waals surface area contributed by atoms with Crippen LogP contribution in [0.2, 0.25) is 0 Å². The summed E-state index contributed by atoms with van der Waals surface area (Å²) in [6, 6.07) is 2.99. The molecule has 0 aliphatic heterocycles. The minimum absolute atomic E-state index is 0.0736. The molecule has 0 saturated carbocycles. The Kier molecular flexibility index (Phi) is 4.30. The van der Waals surface area contributed by atoms with Crippen LogP contribution in [0.25, 0.3) is 0 Å². The molecule has 0 spiro atoms. The molecule has 0 fully saturated rings. The van der Waals surface area contributed by atoms with Crippen LogP contribution >= 0.6 is 0 Å². The summed E-state index contributed by atoms with van der Waals surface area (Å²) in [5.74, 6) is -0.842. The van der Waals surface area contributed by atoms with Crippen LogP contribution in [0.4, 0.5) is 0 Å². The number of aliphatic hydroxyl groups is 1. The summed E-state index contributed by atoms with van der Waals surface area (Å²) in [7, 11) is 2.74. The van der Waals surface area contributed by atoms with Gasteiger partial charge in [0.25, 0.3) is 0 Å². The molecule has 1 aromatic carbocycles. The van der Waals surface area contributed by atoms with Crippen molar-refractivity contribution in [1.82, 2.24) is 0 Å². The largest absolute Gasteiger partial charge is 0.493 e. The molecule has 1 unspecified atom stereocenters. The highest BCUT2D eigenvalue weighted by molar-refractivity contribution is 5.94. The molecule has 6 heteroatoms. The smallest absolute Gasteiger partial charge is 0.340 e. The fraction of sp³-hybridized carbons (Fsp3) is 0.364. The van der Waals surface area contributed by atoms with E-state index < -0.39 is 12.1 Å². The number of carboxylic acids is 1. The van der Waals surface area contributed by atoms with E-state index in [1.54, 1.807) is 0 Å². The predicted molar refractivity (Wildman–Crippen MR) is 60.5 cm³/mol. The van der Waals surface area contributed by atoms with E-state index >= 15 is 0 Å². The molecule has 17 heavy (non-hydrogen) atoms. The van der Waals surface area contributed by atoms with Crippen LogP contribution < -0.4 is 15.2 Å². The molecule has 0 amide bonds. The summed E-state index contributed by atoms with van der Waals surface area (Å²) >= 11 is 0. The first-order chi connectivity index (χ1) is 8.06. The number of benzene rings is 1. The number of carbonyl (C=O) groups is 1. The lowest BCUT2D eigenvalue weighted by atomic mass is 10.0. The summed E-state index contributed by atoms with van der Waals surface area (Å²) in [5, 5.41) is 18.8. The van der Waals surface area contributed by atoms with E-state index in [-0.39, 0.29) is 29.2 Å². The number of carboxylic acid groups (broad SMARTS) is 1. The number of ether oxygens (including phenoxy) is 2. The van der Waals surface area contributed by atoms with Gasteiger partial charge >= 0.3 is 5.97 Å². The maximum Gasteiger partial charge on any atom is 0.340 e. The predicted octanol–water partition coefficient (Wildman–Crippen LogP) is 0.394. The Morgan fingerprint density at radius 3 is 2.47 bits per heavy atom. The Bertz CT molecular complexity index is 419. The van der Waals surface area contributed by atoms with E-state index in [9.17, 15) is 9.90 Å². The average molecular weight is 241 g/mol. The van der Waals surface area contributed by atoms with Crippen LogP contribution in [0.15, 0.2) is 12.1 Å². The standard InChI is InChI=1S/C11H15NO5/c1-16-8-4-3-6(7(13)5-12)9(11(14)15)10(8)17-2/h3-4,7,13H,5,12H2,1-2H3,(H,14,15). The van der Waals surface area contributed by atoms with Crippen molar-refractivity contribution in [3.8, 4) is 11.5 Å². The zero-order chi connectivity index (χ0) is 13.0.